The minimum absolute atomic E-state index is 0.232. The van der Waals surface area contributed by atoms with E-state index in [0.717, 1.165) is 11.1 Å². The molecule has 26 heavy (non-hydrogen) atoms. The highest BCUT2D eigenvalue weighted by Crippen LogP contribution is 2.63. The predicted molar refractivity (Wildman–Crippen MR) is 104 cm³/mol. The van der Waals surface area contributed by atoms with Gasteiger partial charge in [-0.3, -0.25) is 0 Å². The fraction of sp³-hybridized carbons (Fsp3) is 0.400. The zero-order valence-corrected chi connectivity index (χ0v) is 16.6. The Morgan fingerprint density at radius 2 is 1.88 bits per heavy atom. The molecule has 0 heterocycles. The van der Waals surface area contributed by atoms with Crippen LogP contribution in [0.3, 0.4) is 0 Å². The average Bonchev–Trinajstić information content (AvgIpc) is 3.31. The van der Waals surface area contributed by atoms with E-state index in [1.807, 2.05) is 44.2 Å². The van der Waals surface area contributed by atoms with Gasteiger partial charge in [-0.1, -0.05) is 41.4 Å². The predicted octanol–water partition coefficient (Wildman–Crippen LogP) is 3.57. The van der Waals surface area contributed by atoms with Gasteiger partial charge in [-0.05, 0) is 43.7 Å². The Hall–Kier alpha value is -1.40. The summed E-state index contributed by atoms with van der Waals surface area (Å²) >= 11 is 6.14. The van der Waals surface area contributed by atoms with Crippen LogP contribution in [0, 0.1) is 12.3 Å². The lowest BCUT2D eigenvalue weighted by Gasteiger charge is -2.16. The number of nitrogens with two attached hydrogens (primary N) is 1. The monoisotopic (exact) mass is 393 g/mol. The van der Waals surface area contributed by atoms with E-state index < -0.39 is 20.5 Å². The van der Waals surface area contributed by atoms with Crippen molar-refractivity contribution in [1.82, 2.24) is 0 Å². The van der Waals surface area contributed by atoms with Crippen molar-refractivity contribution < 1.29 is 13.2 Å². The smallest absolute Gasteiger partial charge is 0.182 e. The molecule has 0 saturated heterocycles. The van der Waals surface area contributed by atoms with Crippen LogP contribution in [-0.2, 0) is 14.6 Å². The second-order valence-corrected chi connectivity index (χ2v) is 9.39. The molecule has 0 bridgehead atoms. The minimum atomic E-state index is -3.55. The highest BCUT2D eigenvalue weighted by molar-refractivity contribution is 7.92. The van der Waals surface area contributed by atoms with Crippen molar-refractivity contribution in [3.8, 4) is 0 Å². The van der Waals surface area contributed by atoms with Gasteiger partial charge in [0.2, 0.25) is 0 Å². The van der Waals surface area contributed by atoms with E-state index in [9.17, 15) is 8.42 Å². The molecule has 0 aromatic heterocycles. The third-order valence-corrected chi connectivity index (χ3v) is 7.80. The first-order valence-corrected chi connectivity index (χ1v) is 10.6. The Bertz CT molecular complexity index is 882. The number of hydrogen-bond donors (Lipinski definition) is 1. The summed E-state index contributed by atoms with van der Waals surface area (Å²) in [5.74, 6) is -0.232. The van der Waals surface area contributed by atoms with Crippen LogP contribution >= 0.6 is 11.6 Å². The van der Waals surface area contributed by atoms with Crippen molar-refractivity contribution in [3.05, 3.63) is 64.7 Å². The maximum Gasteiger partial charge on any atom is 0.182 e. The lowest BCUT2D eigenvalue weighted by molar-refractivity contribution is 0.101. The molecule has 0 unspecified atom stereocenters. The Balaban J connectivity index is 2.05. The molecule has 2 aromatic carbocycles. The zero-order valence-electron chi connectivity index (χ0n) is 15.0. The summed E-state index contributed by atoms with van der Waals surface area (Å²) in [6.45, 7) is 4.89. The van der Waals surface area contributed by atoms with Gasteiger partial charge in [0.15, 0.2) is 9.84 Å². The minimum Gasteiger partial charge on any atom is -0.381 e. The molecular formula is C20H24ClNO3S. The highest BCUT2D eigenvalue weighted by Gasteiger charge is 2.70. The molecule has 0 spiro atoms. The first-order valence-electron chi connectivity index (χ1n) is 8.70. The lowest BCUT2D eigenvalue weighted by atomic mass is 10.00. The zero-order chi connectivity index (χ0) is 18.9. The number of halogens is 1. The fourth-order valence-electron chi connectivity index (χ4n) is 3.79. The van der Waals surface area contributed by atoms with E-state index in [0.29, 0.717) is 23.1 Å². The molecule has 4 nitrogen and oxygen atoms in total. The van der Waals surface area contributed by atoms with Crippen LogP contribution in [0.1, 0.15) is 24.0 Å². The SMILES string of the molecule is CCOC[C@@]1(CN)[C@@H](c2cccc(Cl)c2)[C@@H]1S(=O)(=O)c1ccc(C)cc1. The Kier molecular flexibility index (Phi) is 5.45. The van der Waals surface area contributed by atoms with E-state index in [4.69, 9.17) is 22.1 Å². The van der Waals surface area contributed by atoms with Gasteiger partial charge < -0.3 is 10.5 Å². The normalized spacial score (nSPS) is 25.2. The van der Waals surface area contributed by atoms with E-state index in [1.54, 1.807) is 18.2 Å². The molecule has 1 aliphatic rings. The Morgan fingerprint density at radius 3 is 2.46 bits per heavy atom. The van der Waals surface area contributed by atoms with Gasteiger partial charge >= 0.3 is 0 Å². The molecule has 0 radical (unpaired) electrons. The van der Waals surface area contributed by atoms with Crippen LogP contribution < -0.4 is 5.73 Å². The van der Waals surface area contributed by atoms with Gasteiger partial charge in [0.1, 0.15) is 0 Å². The number of ether oxygens (including phenoxy) is 1. The first kappa shape index (κ1) is 19.4. The van der Waals surface area contributed by atoms with E-state index >= 15 is 0 Å². The van der Waals surface area contributed by atoms with E-state index in [2.05, 4.69) is 0 Å². The molecule has 3 rings (SSSR count). The fourth-order valence-corrected chi connectivity index (χ4v) is 6.43. The number of hydrogen-bond acceptors (Lipinski definition) is 4. The molecule has 0 aliphatic heterocycles. The maximum atomic E-state index is 13.4. The summed E-state index contributed by atoms with van der Waals surface area (Å²) in [7, 11) is -3.55. The molecule has 1 fully saturated rings. The van der Waals surface area contributed by atoms with Crippen LogP contribution in [0.5, 0.6) is 0 Å². The van der Waals surface area contributed by atoms with Gasteiger partial charge in [0, 0.05) is 29.5 Å². The third-order valence-electron chi connectivity index (χ3n) is 5.23. The van der Waals surface area contributed by atoms with Gasteiger partial charge in [-0.15, -0.1) is 0 Å². The van der Waals surface area contributed by atoms with Crippen molar-refractivity contribution in [1.29, 1.82) is 0 Å². The maximum absolute atomic E-state index is 13.4. The van der Waals surface area contributed by atoms with Gasteiger partial charge in [-0.25, -0.2) is 8.42 Å². The Labute approximate surface area is 160 Å². The van der Waals surface area contributed by atoms with Crippen molar-refractivity contribution >= 4 is 21.4 Å². The number of rotatable bonds is 7. The highest BCUT2D eigenvalue weighted by atomic mass is 35.5. The topological polar surface area (TPSA) is 69.4 Å². The van der Waals surface area contributed by atoms with Gasteiger partial charge in [0.05, 0.1) is 16.8 Å². The van der Waals surface area contributed by atoms with Crippen LogP contribution in [-0.4, -0.2) is 33.4 Å². The summed E-state index contributed by atoms with van der Waals surface area (Å²) in [5.41, 5.74) is 7.36. The van der Waals surface area contributed by atoms with Crippen LogP contribution in [0.4, 0.5) is 0 Å². The van der Waals surface area contributed by atoms with Crippen molar-refractivity contribution in [2.24, 2.45) is 11.1 Å². The lowest BCUT2D eigenvalue weighted by Crippen LogP contribution is -2.29. The summed E-state index contributed by atoms with van der Waals surface area (Å²) in [6, 6.07) is 14.3. The molecule has 2 aromatic rings. The summed E-state index contributed by atoms with van der Waals surface area (Å²) < 4.78 is 32.4. The Morgan fingerprint density at radius 1 is 1.19 bits per heavy atom. The summed E-state index contributed by atoms with van der Waals surface area (Å²) in [5, 5.41) is -0.0315. The molecule has 1 aliphatic carbocycles. The standard InChI is InChI=1S/C20H24ClNO3S/c1-3-25-13-20(12-22)18(15-5-4-6-16(21)11-15)19(20)26(23,24)17-9-7-14(2)8-10-17/h4-11,18-19H,3,12-13,22H2,1-2H3/t18-,19-,20-/m0/s1. The molecule has 140 valence electrons. The molecule has 0 amide bonds. The number of benzene rings is 2. The van der Waals surface area contributed by atoms with E-state index in [-0.39, 0.29) is 12.5 Å². The molecule has 1 saturated carbocycles. The van der Waals surface area contributed by atoms with Gasteiger partial charge in [0.25, 0.3) is 0 Å². The van der Waals surface area contributed by atoms with Crippen molar-refractivity contribution in [3.63, 3.8) is 0 Å². The van der Waals surface area contributed by atoms with Crippen LogP contribution in [0.25, 0.3) is 0 Å². The number of aryl methyl sites for hydroxylation is 1. The number of sulfone groups is 1. The quantitative estimate of drug-likeness (QED) is 0.780. The van der Waals surface area contributed by atoms with Gasteiger partial charge in [-0.2, -0.15) is 0 Å². The van der Waals surface area contributed by atoms with E-state index in [1.165, 1.54) is 0 Å². The first-order chi connectivity index (χ1) is 12.4. The second kappa shape index (κ2) is 7.31. The van der Waals surface area contributed by atoms with Crippen molar-refractivity contribution in [2.75, 3.05) is 19.8 Å². The molecular weight excluding hydrogens is 370 g/mol. The third kappa shape index (κ3) is 3.29. The van der Waals surface area contributed by atoms with Crippen LogP contribution in [0.2, 0.25) is 5.02 Å². The largest absolute Gasteiger partial charge is 0.381 e. The average molecular weight is 394 g/mol. The summed E-state index contributed by atoms with van der Waals surface area (Å²) in [4.78, 5) is 0.326. The molecule has 3 atom stereocenters. The molecule has 6 heteroatoms. The van der Waals surface area contributed by atoms with Crippen LogP contribution in [0.15, 0.2) is 53.4 Å². The van der Waals surface area contributed by atoms with Crippen molar-refractivity contribution in [2.45, 2.75) is 29.9 Å². The molecule has 2 N–H and O–H groups in total. The second-order valence-electron chi connectivity index (χ2n) is 6.89. The summed E-state index contributed by atoms with van der Waals surface area (Å²) in [6.07, 6.45) is 0.